The number of rotatable bonds is 1. The molecule has 1 atom stereocenters. The molecular formula is C13H12BrN. The molecule has 0 N–H and O–H groups in total. The smallest absolute Gasteiger partial charge is 0.0585 e. The molecule has 0 saturated carbocycles. The normalized spacial score (nSPS) is 12.7. The number of benzene rings is 1. The number of nitrogens with zero attached hydrogens (tertiary/aromatic N) is 1. The van der Waals surface area contributed by atoms with E-state index >= 15 is 0 Å². The van der Waals surface area contributed by atoms with Crippen LogP contribution in [0.3, 0.4) is 0 Å². The fourth-order valence-electron chi connectivity index (χ4n) is 1.93. The van der Waals surface area contributed by atoms with Crippen LogP contribution in [0.5, 0.6) is 0 Å². The lowest BCUT2D eigenvalue weighted by Gasteiger charge is -2.07. The summed E-state index contributed by atoms with van der Waals surface area (Å²) in [6.07, 6.45) is 5.48. The van der Waals surface area contributed by atoms with Gasteiger partial charge in [0.2, 0.25) is 0 Å². The summed E-state index contributed by atoms with van der Waals surface area (Å²) in [5, 5.41) is 1.22. The second-order valence-corrected chi connectivity index (χ2v) is 4.46. The zero-order chi connectivity index (χ0) is 11.0. The van der Waals surface area contributed by atoms with Gasteiger partial charge in [-0.05, 0) is 28.9 Å². The molecule has 0 aliphatic rings. The van der Waals surface area contributed by atoms with E-state index in [1.54, 1.807) is 0 Å². The number of fused-ring (bicyclic) bond motifs is 1. The van der Waals surface area contributed by atoms with Crippen molar-refractivity contribution in [2.75, 3.05) is 0 Å². The van der Waals surface area contributed by atoms with E-state index < -0.39 is 0 Å². The van der Waals surface area contributed by atoms with Gasteiger partial charge in [0, 0.05) is 28.1 Å². The Labute approximate surface area is 98.2 Å². The van der Waals surface area contributed by atoms with Crippen LogP contribution in [0.25, 0.3) is 10.9 Å². The molecule has 1 aromatic carbocycles. The van der Waals surface area contributed by atoms with E-state index in [2.05, 4.69) is 45.6 Å². The molecule has 2 heteroatoms. The van der Waals surface area contributed by atoms with Gasteiger partial charge in [-0.3, -0.25) is 0 Å². The Morgan fingerprint density at radius 1 is 1.40 bits per heavy atom. The predicted molar refractivity (Wildman–Crippen MR) is 67.9 cm³/mol. The van der Waals surface area contributed by atoms with Gasteiger partial charge in [-0.25, -0.2) is 0 Å². The maximum Gasteiger partial charge on any atom is 0.0585 e. The van der Waals surface area contributed by atoms with Gasteiger partial charge in [-0.1, -0.05) is 24.1 Å². The molecule has 0 spiro atoms. The summed E-state index contributed by atoms with van der Waals surface area (Å²) >= 11 is 3.63. The van der Waals surface area contributed by atoms with Crippen LogP contribution in [0.15, 0.2) is 28.7 Å². The Bertz CT molecular complexity index is 506. The van der Waals surface area contributed by atoms with Gasteiger partial charge in [0.15, 0.2) is 0 Å². The summed E-state index contributed by atoms with van der Waals surface area (Å²) in [5.41, 5.74) is 2.38. The average molecular weight is 262 g/mol. The lowest BCUT2D eigenvalue weighted by molar-refractivity contribution is 0.816. The van der Waals surface area contributed by atoms with E-state index in [1.807, 2.05) is 19.1 Å². The molecule has 0 fully saturated rings. The van der Waals surface area contributed by atoms with Crippen molar-refractivity contribution < 1.29 is 0 Å². The molecule has 0 radical (unpaired) electrons. The van der Waals surface area contributed by atoms with Crippen LogP contribution >= 0.6 is 15.9 Å². The maximum atomic E-state index is 5.48. The Morgan fingerprint density at radius 3 is 2.67 bits per heavy atom. The summed E-state index contributed by atoms with van der Waals surface area (Å²) in [5.74, 6) is 2.90. The van der Waals surface area contributed by atoms with Crippen molar-refractivity contribution in [1.29, 1.82) is 0 Å². The number of aromatic nitrogens is 1. The first-order valence-electron chi connectivity index (χ1n) is 4.85. The predicted octanol–water partition coefficient (Wildman–Crippen LogP) is 3.68. The minimum absolute atomic E-state index is 0.122. The molecule has 76 valence electrons. The van der Waals surface area contributed by atoms with Gasteiger partial charge >= 0.3 is 0 Å². The first kappa shape index (κ1) is 10.3. The topological polar surface area (TPSA) is 4.93 Å². The van der Waals surface area contributed by atoms with Gasteiger partial charge in [0.25, 0.3) is 0 Å². The highest BCUT2D eigenvalue weighted by atomic mass is 79.9. The van der Waals surface area contributed by atoms with Gasteiger partial charge in [-0.15, -0.1) is 6.42 Å². The van der Waals surface area contributed by atoms with Crippen molar-refractivity contribution in [2.45, 2.75) is 12.8 Å². The van der Waals surface area contributed by atoms with Crippen LogP contribution in [0.4, 0.5) is 0 Å². The molecule has 15 heavy (non-hydrogen) atoms. The van der Waals surface area contributed by atoms with Gasteiger partial charge < -0.3 is 4.57 Å². The monoisotopic (exact) mass is 261 g/mol. The summed E-state index contributed by atoms with van der Waals surface area (Å²) in [6, 6.07) is 8.29. The quantitative estimate of drug-likeness (QED) is 0.691. The molecule has 1 aromatic heterocycles. The van der Waals surface area contributed by atoms with Crippen LogP contribution in [0.2, 0.25) is 0 Å². The summed E-state index contributed by atoms with van der Waals surface area (Å²) in [7, 11) is 2.05. The summed E-state index contributed by atoms with van der Waals surface area (Å²) < 4.78 is 3.27. The molecule has 2 aromatic rings. The van der Waals surface area contributed by atoms with Gasteiger partial charge in [0.05, 0.1) is 5.92 Å². The van der Waals surface area contributed by atoms with E-state index in [4.69, 9.17) is 6.42 Å². The van der Waals surface area contributed by atoms with E-state index in [0.29, 0.717) is 0 Å². The molecule has 1 nitrogen and oxygen atoms in total. The second kappa shape index (κ2) is 3.75. The molecule has 0 aliphatic carbocycles. The third kappa shape index (κ3) is 1.48. The first-order valence-corrected chi connectivity index (χ1v) is 5.65. The van der Waals surface area contributed by atoms with E-state index in [-0.39, 0.29) is 5.92 Å². The minimum Gasteiger partial charge on any atom is -0.346 e. The van der Waals surface area contributed by atoms with E-state index in [1.165, 1.54) is 16.6 Å². The third-order valence-corrected chi connectivity index (χ3v) is 3.58. The Hall–Kier alpha value is -1.20. The van der Waals surface area contributed by atoms with Crippen LogP contribution in [-0.4, -0.2) is 4.57 Å². The van der Waals surface area contributed by atoms with Crippen molar-refractivity contribution in [3.63, 3.8) is 0 Å². The standard InChI is InChI=1S/C13H12BrN/c1-4-9(2)13-12(14)10-7-5-6-8-11(10)15(13)3/h1,5-9H,2-3H3. The Balaban J connectivity index is 2.82. The molecule has 2 rings (SSSR count). The highest BCUT2D eigenvalue weighted by molar-refractivity contribution is 9.10. The zero-order valence-corrected chi connectivity index (χ0v) is 10.4. The molecular weight excluding hydrogens is 250 g/mol. The highest BCUT2D eigenvalue weighted by Gasteiger charge is 2.16. The number of para-hydroxylation sites is 1. The van der Waals surface area contributed by atoms with Crippen LogP contribution in [0, 0.1) is 12.3 Å². The van der Waals surface area contributed by atoms with Gasteiger partial charge in [-0.2, -0.15) is 0 Å². The fraction of sp³-hybridized carbons (Fsp3) is 0.231. The third-order valence-electron chi connectivity index (χ3n) is 2.75. The SMILES string of the molecule is C#CC(C)c1c(Br)c2ccccc2n1C. The largest absolute Gasteiger partial charge is 0.346 e. The molecule has 0 amide bonds. The minimum atomic E-state index is 0.122. The number of halogens is 1. The Morgan fingerprint density at radius 2 is 2.07 bits per heavy atom. The lowest BCUT2D eigenvalue weighted by Crippen LogP contribution is -1.99. The number of hydrogen-bond acceptors (Lipinski definition) is 0. The molecule has 0 saturated heterocycles. The van der Waals surface area contributed by atoms with E-state index in [0.717, 1.165) is 4.47 Å². The van der Waals surface area contributed by atoms with Crippen LogP contribution < -0.4 is 0 Å². The molecule has 0 aliphatic heterocycles. The van der Waals surface area contributed by atoms with Crippen LogP contribution in [-0.2, 0) is 7.05 Å². The number of hydrogen-bond donors (Lipinski definition) is 0. The first-order chi connectivity index (χ1) is 7.16. The van der Waals surface area contributed by atoms with Crippen molar-refractivity contribution in [3.05, 3.63) is 34.4 Å². The molecule has 1 unspecified atom stereocenters. The number of aryl methyl sites for hydroxylation is 1. The van der Waals surface area contributed by atoms with Crippen molar-refractivity contribution in [3.8, 4) is 12.3 Å². The summed E-state index contributed by atoms with van der Waals surface area (Å²) in [6.45, 7) is 2.04. The maximum absolute atomic E-state index is 5.48. The summed E-state index contributed by atoms with van der Waals surface area (Å²) in [4.78, 5) is 0. The lowest BCUT2D eigenvalue weighted by atomic mass is 10.1. The number of terminal acetylenes is 1. The zero-order valence-electron chi connectivity index (χ0n) is 8.79. The van der Waals surface area contributed by atoms with E-state index in [9.17, 15) is 0 Å². The molecule has 0 bridgehead atoms. The van der Waals surface area contributed by atoms with Crippen LogP contribution in [0.1, 0.15) is 18.5 Å². The van der Waals surface area contributed by atoms with Crippen molar-refractivity contribution in [1.82, 2.24) is 4.57 Å². The molecule has 1 heterocycles. The van der Waals surface area contributed by atoms with Crippen molar-refractivity contribution in [2.24, 2.45) is 7.05 Å². The average Bonchev–Trinajstić information content (AvgIpc) is 2.52. The second-order valence-electron chi connectivity index (χ2n) is 3.66. The fourth-order valence-corrected chi connectivity index (χ4v) is 2.87. The van der Waals surface area contributed by atoms with Crippen molar-refractivity contribution >= 4 is 26.8 Å². The Kier molecular flexibility index (Phi) is 2.58. The highest BCUT2D eigenvalue weighted by Crippen LogP contribution is 2.34. The van der Waals surface area contributed by atoms with Gasteiger partial charge in [0.1, 0.15) is 0 Å².